The summed E-state index contributed by atoms with van der Waals surface area (Å²) in [7, 11) is 0. The molecule has 28 heavy (non-hydrogen) atoms. The van der Waals surface area contributed by atoms with Crippen LogP contribution in [0.25, 0.3) is 16.9 Å². The fraction of sp³-hybridized carbons (Fsp3) is 0.300. The third kappa shape index (κ3) is 3.74. The summed E-state index contributed by atoms with van der Waals surface area (Å²) < 4.78 is 8.79. The van der Waals surface area contributed by atoms with Crippen LogP contribution < -0.4 is 0 Å². The number of morpholine rings is 1. The Morgan fingerprint density at radius 2 is 2.21 bits per heavy atom. The summed E-state index contributed by atoms with van der Waals surface area (Å²) in [6.45, 7) is 3.14. The number of fused-ring (bicyclic) bond motifs is 1. The van der Waals surface area contributed by atoms with Crippen LogP contribution in [-0.2, 0) is 11.2 Å². The summed E-state index contributed by atoms with van der Waals surface area (Å²) in [5.74, 6) is 0. The molecule has 0 aliphatic carbocycles. The highest BCUT2D eigenvalue weighted by atomic mass is 79.9. The van der Waals surface area contributed by atoms with Crippen molar-refractivity contribution in [1.82, 2.24) is 14.3 Å². The van der Waals surface area contributed by atoms with E-state index in [1.54, 1.807) is 0 Å². The highest BCUT2D eigenvalue weighted by Crippen LogP contribution is 2.33. The van der Waals surface area contributed by atoms with Gasteiger partial charge in [-0.05, 0) is 36.8 Å². The van der Waals surface area contributed by atoms with Gasteiger partial charge in [-0.1, -0.05) is 33.6 Å². The van der Waals surface area contributed by atoms with Crippen LogP contribution in [0.1, 0.15) is 11.3 Å². The highest BCUT2D eigenvalue weighted by molar-refractivity contribution is 9.10. The predicted molar refractivity (Wildman–Crippen MR) is 111 cm³/mol. The minimum absolute atomic E-state index is 0.237. The molecule has 1 aliphatic rings. The van der Waals surface area contributed by atoms with Gasteiger partial charge in [0.05, 0.1) is 35.7 Å². The lowest BCUT2D eigenvalue weighted by Crippen LogP contribution is -2.45. The van der Waals surface area contributed by atoms with Gasteiger partial charge in [-0.25, -0.2) is 9.78 Å². The van der Waals surface area contributed by atoms with E-state index in [0.717, 1.165) is 32.6 Å². The van der Waals surface area contributed by atoms with E-state index in [4.69, 9.17) is 21.3 Å². The highest BCUT2D eigenvalue weighted by Gasteiger charge is 2.27. The van der Waals surface area contributed by atoms with Gasteiger partial charge in [0.2, 0.25) is 0 Å². The van der Waals surface area contributed by atoms with Crippen molar-refractivity contribution in [2.75, 3.05) is 19.7 Å². The van der Waals surface area contributed by atoms with E-state index in [0.29, 0.717) is 31.1 Å². The number of rotatable bonds is 3. The lowest BCUT2D eigenvalue weighted by molar-refractivity contribution is -0.0214. The number of carboxylic acid groups (broad SMARTS) is 1. The largest absolute Gasteiger partial charge is 0.465 e. The number of imidazole rings is 1. The zero-order chi connectivity index (χ0) is 19.8. The molecule has 1 aliphatic heterocycles. The molecule has 2 aromatic heterocycles. The minimum Gasteiger partial charge on any atom is -0.465 e. The molecule has 8 heteroatoms. The lowest BCUT2D eigenvalue weighted by Gasteiger charge is -2.31. The van der Waals surface area contributed by atoms with E-state index >= 15 is 0 Å². The van der Waals surface area contributed by atoms with Crippen molar-refractivity contribution >= 4 is 39.3 Å². The first-order valence-corrected chi connectivity index (χ1v) is 10.1. The lowest BCUT2D eigenvalue weighted by atomic mass is 10.1. The molecule has 1 saturated heterocycles. The van der Waals surface area contributed by atoms with Gasteiger partial charge < -0.3 is 19.1 Å². The molecule has 1 unspecified atom stereocenters. The van der Waals surface area contributed by atoms with E-state index in [1.807, 2.05) is 47.9 Å². The number of pyridine rings is 1. The van der Waals surface area contributed by atoms with E-state index in [-0.39, 0.29) is 6.10 Å². The summed E-state index contributed by atoms with van der Waals surface area (Å²) in [4.78, 5) is 17.6. The molecule has 4 rings (SSSR count). The van der Waals surface area contributed by atoms with Gasteiger partial charge in [0.1, 0.15) is 5.65 Å². The zero-order valence-corrected chi connectivity index (χ0v) is 17.6. The third-order valence-corrected chi connectivity index (χ3v) is 5.70. The molecule has 0 saturated carbocycles. The fourth-order valence-electron chi connectivity index (χ4n) is 3.52. The zero-order valence-electron chi connectivity index (χ0n) is 15.2. The van der Waals surface area contributed by atoms with Crippen molar-refractivity contribution in [3.05, 3.63) is 57.3 Å². The Bertz CT molecular complexity index is 1050. The first kappa shape index (κ1) is 19.2. The van der Waals surface area contributed by atoms with Gasteiger partial charge in [-0.15, -0.1) is 0 Å². The average molecular weight is 465 g/mol. The fourth-order valence-corrected chi connectivity index (χ4v) is 4.28. The van der Waals surface area contributed by atoms with Crippen LogP contribution in [0.3, 0.4) is 0 Å². The second-order valence-corrected chi connectivity index (χ2v) is 8.21. The van der Waals surface area contributed by atoms with Crippen LogP contribution in [0.4, 0.5) is 4.79 Å². The van der Waals surface area contributed by atoms with Crippen LogP contribution in [0.2, 0.25) is 5.02 Å². The molecule has 3 heterocycles. The number of benzene rings is 1. The molecule has 146 valence electrons. The molecule has 6 nitrogen and oxygen atoms in total. The normalized spacial score (nSPS) is 17.2. The number of ether oxygens (including phenoxy) is 1. The van der Waals surface area contributed by atoms with Crippen molar-refractivity contribution in [2.24, 2.45) is 0 Å². The quantitative estimate of drug-likeness (QED) is 0.613. The van der Waals surface area contributed by atoms with Crippen LogP contribution in [0.15, 0.2) is 41.0 Å². The van der Waals surface area contributed by atoms with Gasteiger partial charge in [0.25, 0.3) is 0 Å². The van der Waals surface area contributed by atoms with Crippen molar-refractivity contribution in [3.8, 4) is 11.3 Å². The molecule has 0 radical (unpaired) electrons. The molecule has 1 fully saturated rings. The van der Waals surface area contributed by atoms with Crippen molar-refractivity contribution in [1.29, 1.82) is 0 Å². The standard InChI is InChI=1S/C20H19BrClN3O3/c1-12-4-5-25-17(10-14-11-24(20(26)27)6-7-28-14)19(23-18(25)8-12)15-3-2-13(21)9-16(15)22/h2-5,8-9,14H,6-7,10-11H2,1H3,(H,26,27). The maximum absolute atomic E-state index is 11.3. The number of aromatic nitrogens is 2. The molecule has 1 N–H and O–H groups in total. The van der Waals surface area contributed by atoms with Crippen molar-refractivity contribution in [3.63, 3.8) is 0 Å². The Morgan fingerprint density at radius 3 is 2.96 bits per heavy atom. The Hall–Kier alpha value is -2.09. The number of aryl methyl sites for hydroxylation is 1. The van der Waals surface area contributed by atoms with Crippen LogP contribution >= 0.6 is 27.5 Å². The number of hydrogen-bond acceptors (Lipinski definition) is 3. The van der Waals surface area contributed by atoms with Gasteiger partial charge in [-0.3, -0.25) is 0 Å². The molecule has 1 aromatic carbocycles. The molecular weight excluding hydrogens is 446 g/mol. The number of amides is 1. The number of nitrogens with zero attached hydrogens (tertiary/aromatic N) is 3. The van der Waals surface area contributed by atoms with Gasteiger partial charge in [0, 0.05) is 29.2 Å². The number of halogens is 2. The Labute approximate surface area is 175 Å². The summed E-state index contributed by atoms with van der Waals surface area (Å²) in [6, 6.07) is 9.76. The maximum atomic E-state index is 11.3. The molecule has 0 spiro atoms. The van der Waals surface area contributed by atoms with E-state index < -0.39 is 6.09 Å². The average Bonchev–Trinajstić information content (AvgIpc) is 2.99. The van der Waals surface area contributed by atoms with Crippen molar-refractivity contribution in [2.45, 2.75) is 19.4 Å². The van der Waals surface area contributed by atoms with Crippen LogP contribution in [0, 0.1) is 6.92 Å². The van der Waals surface area contributed by atoms with Crippen LogP contribution in [0.5, 0.6) is 0 Å². The van der Waals surface area contributed by atoms with E-state index in [1.165, 1.54) is 4.90 Å². The Kier molecular flexibility index (Phi) is 5.31. The summed E-state index contributed by atoms with van der Waals surface area (Å²) >= 11 is 9.95. The first-order valence-electron chi connectivity index (χ1n) is 8.95. The summed E-state index contributed by atoms with van der Waals surface area (Å²) in [6.07, 6.45) is 1.37. The Morgan fingerprint density at radius 1 is 1.39 bits per heavy atom. The smallest absolute Gasteiger partial charge is 0.407 e. The van der Waals surface area contributed by atoms with Crippen molar-refractivity contribution < 1.29 is 14.6 Å². The van der Waals surface area contributed by atoms with Crippen LogP contribution in [-0.4, -0.2) is 51.3 Å². The maximum Gasteiger partial charge on any atom is 0.407 e. The molecule has 3 aromatic rings. The SMILES string of the molecule is Cc1ccn2c(CC3CN(C(=O)O)CCO3)c(-c3ccc(Br)cc3Cl)nc2c1. The number of carbonyl (C=O) groups is 1. The molecular formula is C20H19BrClN3O3. The molecule has 1 atom stereocenters. The van der Waals surface area contributed by atoms with E-state index in [9.17, 15) is 9.90 Å². The van der Waals surface area contributed by atoms with Gasteiger partial charge >= 0.3 is 6.09 Å². The monoisotopic (exact) mass is 463 g/mol. The predicted octanol–water partition coefficient (Wildman–Crippen LogP) is 4.65. The third-order valence-electron chi connectivity index (χ3n) is 4.90. The Balaban J connectivity index is 1.78. The molecule has 1 amide bonds. The first-order chi connectivity index (χ1) is 13.4. The van der Waals surface area contributed by atoms with Gasteiger partial charge in [-0.2, -0.15) is 0 Å². The second kappa shape index (κ2) is 7.73. The topological polar surface area (TPSA) is 67.1 Å². The summed E-state index contributed by atoms with van der Waals surface area (Å²) in [5.41, 5.74) is 4.53. The van der Waals surface area contributed by atoms with E-state index in [2.05, 4.69) is 15.9 Å². The number of hydrogen-bond donors (Lipinski definition) is 1. The second-order valence-electron chi connectivity index (χ2n) is 6.89. The van der Waals surface area contributed by atoms with Gasteiger partial charge in [0.15, 0.2) is 0 Å². The summed E-state index contributed by atoms with van der Waals surface area (Å²) in [5, 5.41) is 9.91. The molecule has 0 bridgehead atoms. The minimum atomic E-state index is -0.918.